The SMILES string of the molecule is COC(=O)Cc1nn(C(C)C)c(=O)c2ccccc12. The third-order valence-electron chi connectivity index (χ3n) is 2.93. The number of nitrogens with zero attached hydrogens (tertiary/aromatic N) is 2. The van der Waals surface area contributed by atoms with E-state index < -0.39 is 0 Å². The number of benzene rings is 1. The molecular formula is C14H16N2O3. The van der Waals surface area contributed by atoms with Crippen LogP contribution in [-0.2, 0) is 16.0 Å². The highest BCUT2D eigenvalue weighted by molar-refractivity contribution is 5.86. The highest BCUT2D eigenvalue weighted by atomic mass is 16.5. The van der Waals surface area contributed by atoms with Crippen LogP contribution in [0, 0.1) is 0 Å². The van der Waals surface area contributed by atoms with Crippen LogP contribution in [0.4, 0.5) is 0 Å². The summed E-state index contributed by atoms with van der Waals surface area (Å²) in [6.07, 6.45) is 0.0595. The van der Waals surface area contributed by atoms with Crippen molar-refractivity contribution in [1.29, 1.82) is 0 Å². The minimum atomic E-state index is -0.369. The van der Waals surface area contributed by atoms with E-state index in [9.17, 15) is 9.59 Å². The van der Waals surface area contributed by atoms with Crippen molar-refractivity contribution in [1.82, 2.24) is 9.78 Å². The second kappa shape index (κ2) is 5.22. The largest absolute Gasteiger partial charge is 0.469 e. The highest BCUT2D eigenvalue weighted by Crippen LogP contribution is 2.15. The molecule has 0 atom stereocenters. The van der Waals surface area contributed by atoms with E-state index in [1.807, 2.05) is 19.9 Å². The Balaban J connectivity index is 2.71. The summed E-state index contributed by atoms with van der Waals surface area (Å²) >= 11 is 0. The summed E-state index contributed by atoms with van der Waals surface area (Å²) in [5.74, 6) is -0.369. The van der Waals surface area contributed by atoms with Gasteiger partial charge < -0.3 is 4.74 Å². The molecule has 5 heteroatoms. The number of hydrogen-bond donors (Lipinski definition) is 0. The van der Waals surface area contributed by atoms with Crippen molar-refractivity contribution < 1.29 is 9.53 Å². The number of carbonyl (C=O) groups is 1. The Morgan fingerprint density at radius 2 is 1.95 bits per heavy atom. The van der Waals surface area contributed by atoms with Gasteiger partial charge in [0.25, 0.3) is 5.56 Å². The van der Waals surface area contributed by atoms with Crippen molar-refractivity contribution in [3.8, 4) is 0 Å². The van der Waals surface area contributed by atoms with Crippen LogP contribution in [0.5, 0.6) is 0 Å². The van der Waals surface area contributed by atoms with Crippen LogP contribution in [0.1, 0.15) is 25.6 Å². The van der Waals surface area contributed by atoms with Crippen LogP contribution in [0.15, 0.2) is 29.1 Å². The van der Waals surface area contributed by atoms with Crippen LogP contribution in [0.2, 0.25) is 0 Å². The van der Waals surface area contributed by atoms with Crippen LogP contribution >= 0.6 is 0 Å². The lowest BCUT2D eigenvalue weighted by Gasteiger charge is -2.12. The van der Waals surface area contributed by atoms with E-state index in [0.717, 1.165) is 0 Å². The van der Waals surface area contributed by atoms with Gasteiger partial charge in [-0.1, -0.05) is 18.2 Å². The first-order valence-electron chi connectivity index (χ1n) is 6.12. The molecule has 100 valence electrons. The summed E-state index contributed by atoms with van der Waals surface area (Å²) < 4.78 is 6.07. The molecule has 0 N–H and O–H groups in total. The molecule has 0 radical (unpaired) electrons. The second-order valence-electron chi connectivity index (χ2n) is 4.59. The average Bonchev–Trinajstić information content (AvgIpc) is 2.41. The maximum absolute atomic E-state index is 12.3. The van der Waals surface area contributed by atoms with Gasteiger partial charge in [0.1, 0.15) is 0 Å². The molecule has 2 aromatic rings. The number of hydrogen-bond acceptors (Lipinski definition) is 4. The Hall–Kier alpha value is -2.17. The van der Waals surface area contributed by atoms with E-state index in [0.29, 0.717) is 16.5 Å². The molecule has 0 aliphatic rings. The van der Waals surface area contributed by atoms with Gasteiger partial charge >= 0.3 is 5.97 Å². The smallest absolute Gasteiger partial charge is 0.311 e. The second-order valence-corrected chi connectivity index (χ2v) is 4.59. The monoisotopic (exact) mass is 260 g/mol. The Labute approximate surface area is 110 Å². The molecule has 0 saturated carbocycles. The molecule has 0 fully saturated rings. The number of aromatic nitrogens is 2. The first-order chi connectivity index (χ1) is 9.04. The third-order valence-corrected chi connectivity index (χ3v) is 2.93. The van der Waals surface area contributed by atoms with Gasteiger partial charge in [0.2, 0.25) is 0 Å². The summed E-state index contributed by atoms with van der Waals surface area (Å²) in [6, 6.07) is 7.11. The van der Waals surface area contributed by atoms with Crippen LogP contribution < -0.4 is 5.56 Å². The molecule has 1 heterocycles. The molecule has 1 aromatic carbocycles. The molecule has 0 spiro atoms. The van der Waals surface area contributed by atoms with Gasteiger partial charge in [0.15, 0.2) is 0 Å². The third kappa shape index (κ3) is 2.50. The minimum absolute atomic E-state index is 0.0595. The van der Waals surface area contributed by atoms with Crippen molar-refractivity contribution in [3.63, 3.8) is 0 Å². The number of rotatable bonds is 3. The van der Waals surface area contributed by atoms with E-state index >= 15 is 0 Å². The van der Waals surface area contributed by atoms with E-state index in [-0.39, 0.29) is 24.0 Å². The fourth-order valence-corrected chi connectivity index (χ4v) is 1.96. The predicted octanol–water partition coefficient (Wildman–Crippen LogP) is 1.69. The molecule has 19 heavy (non-hydrogen) atoms. The molecule has 0 bridgehead atoms. The predicted molar refractivity (Wildman–Crippen MR) is 72.1 cm³/mol. The number of methoxy groups -OCH3 is 1. The highest BCUT2D eigenvalue weighted by Gasteiger charge is 2.14. The molecule has 0 amide bonds. The lowest BCUT2D eigenvalue weighted by atomic mass is 10.1. The van der Waals surface area contributed by atoms with Gasteiger partial charge in [-0.2, -0.15) is 5.10 Å². The van der Waals surface area contributed by atoms with Gasteiger partial charge in [-0.15, -0.1) is 0 Å². The zero-order valence-corrected chi connectivity index (χ0v) is 11.2. The summed E-state index contributed by atoms with van der Waals surface area (Å²) in [7, 11) is 1.34. The molecule has 2 rings (SSSR count). The summed E-state index contributed by atoms with van der Waals surface area (Å²) in [5, 5.41) is 5.57. The van der Waals surface area contributed by atoms with E-state index in [2.05, 4.69) is 9.84 Å². The number of ether oxygens (including phenoxy) is 1. The normalized spacial score (nSPS) is 10.9. The van der Waals surface area contributed by atoms with Crippen molar-refractivity contribution >= 4 is 16.7 Å². The van der Waals surface area contributed by atoms with E-state index in [4.69, 9.17) is 0 Å². The first-order valence-corrected chi connectivity index (χ1v) is 6.12. The molecule has 0 unspecified atom stereocenters. The van der Waals surface area contributed by atoms with Crippen molar-refractivity contribution in [2.45, 2.75) is 26.3 Å². The molecule has 0 saturated heterocycles. The van der Waals surface area contributed by atoms with Gasteiger partial charge in [0.05, 0.1) is 30.7 Å². The van der Waals surface area contributed by atoms with Crippen molar-refractivity contribution in [3.05, 3.63) is 40.3 Å². The Morgan fingerprint density at radius 1 is 1.32 bits per heavy atom. The molecule has 1 aromatic heterocycles. The Bertz CT molecular complexity index is 674. The Kier molecular flexibility index (Phi) is 3.64. The summed E-state index contributed by atoms with van der Waals surface area (Å²) in [5.41, 5.74) is 0.426. The van der Waals surface area contributed by atoms with E-state index in [1.165, 1.54) is 11.8 Å². The quantitative estimate of drug-likeness (QED) is 0.788. The van der Waals surface area contributed by atoms with Gasteiger partial charge in [-0.25, -0.2) is 4.68 Å². The topological polar surface area (TPSA) is 61.2 Å². The summed E-state index contributed by atoms with van der Waals surface area (Å²) in [6.45, 7) is 3.76. The molecule has 0 aliphatic heterocycles. The first kappa shape index (κ1) is 13.3. The average molecular weight is 260 g/mol. The zero-order chi connectivity index (χ0) is 14.0. The number of esters is 1. The van der Waals surface area contributed by atoms with Crippen molar-refractivity contribution in [2.24, 2.45) is 0 Å². The fourth-order valence-electron chi connectivity index (χ4n) is 1.96. The van der Waals surface area contributed by atoms with E-state index in [1.54, 1.807) is 18.2 Å². The zero-order valence-electron chi connectivity index (χ0n) is 11.2. The fraction of sp³-hybridized carbons (Fsp3) is 0.357. The Morgan fingerprint density at radius 3 is 2.53 bits per heavy atom. The maximum Gasteiger partial charge on any atom is 0.311 e. The molecule has 5 nitrogen and oxygen atoms in total. The lowest BCUT2D eigenvalue weighted by Crippen LogP contribution is -2.27. The van der Waals surface area contributed by atoms with Gasteiger partial charge in [0, 0.05) is 5.39 Å². The van der Waals surface area contributed by atoms with Gasteiger partial charge in [-0.05, 0) is 19.9 Å². The standard InChI is InChI=1S/C14H16N2O3/c1-9(2)16-14(18)11-7-5-4-6-10(11)12(15-16)8-13(17)19-3/h4-7,9H,8H2,1-3H3. The lowest BCUT2D eigenvalue weighted by molar-refractivity contribution is -0.139. The number of fused-ring (bicyclic) bond motifs is 1. The van der Waals surface area contributed by atoms with Crippen LogP contribution in [-0.4, -0.2) is 22.9 Å². The van der Waals surface area contributed by atoms with Crippen LogP contribution in [0.3, 0.4) is 0 Å². The van der Waals surface area contributed by atoms with Crippen molar-refractivity contribution in [2.75, 3.05) is 7.11 Å². The van der Waals surface area contributed by atoms with Gasteiger partial charge in [-0.3, -0.25) is 9.59 Å². The summed E-state index contributed by atoms with van der Waals surface area (Å²) in [4.78, 5) is 23.7. The molecular weight excluding hydrogens is 244 g/mol. The van der Waals surface area contributed by atoms with Crippen LogP contribution in [0.25, 0.3) is 10.8 Å². The molecule has 0 aliphatic carbocycles. The maximum atomic E-state index is 12.3. The number of carbonyl (C=O) groups excluding carboxylic acids is 1. The minimum Gasteiger partial charge on any atom is -0.469 e.